The van der Waals surface area contributed by atoms with Crippen LogP contribution in [-0.2, 0) is 9.53 Å². The van der Waals surface area contributed by atoms with E-state index in [-0.39, 0.29) is 36.4 Å². The van der Waals surface area contributed by atoms with Gasteiger partial charge in [0.05, 0.1) is 17.8 Å². The van der Waals surface area contributed by atoms with Gasteiger partial charge in [-0.25, -0.2) is 0 Å². The molecule has 0 spiro atoms. The number of amides is 1. The molecule has 2 rings (SSSR count). The first-order valence-electron chi connectivity index (χ1n) is 6.98. The van der Waals surface area contributed by atoms with Crippen molar-refractivity contribution in [2.24, 2.45) is 0 Å². The molecule has 1 aromatic heterocycles. The van der Waals surface area contributed by atoms with Crippen LogP contribution in [0.25, 0.3) is 0 Å². The number of carbonyl (C=O) groups is 1. The number of halogens is 1. The van der Waals surface area contributed by atoms with Gasteiger partial charge in [-0.2, -0.15) is 0 Å². The van der Waals surface area contributed by atoms with Crippen LogP contribution in [0.2, 0.25) is 0 Å². The Kier molecular flexibility index (Phi) is 6.64. The number of aromatic nitrogens is 1. The van der Waals surface area contributed by atoms with Crippen LogP contribution in [0.5, 0.6) is 0 Å². The predicted molar refractivity (Wildman–Crippen MR) is 81.9 cm³/mol. The Bertz CT molecular complexity index is 459. The van der Waals surface area contributed by atoms with Gasteiger partial charge in [0.25, 0.3) is 0 Å². The lowest BCUT2D eigenvalue weighted by Gasteiger charge is -2.19. The summed E-state index contributed by atoms with van der Waals surface area (Å²) in [6.07, 6.45) is 0.476. The molecule has 21 heavy (non-hydrogen) atoms. The third-order valence-corrected chi connectivity index (χ3v) is 3.88. The molecule has 1 saturated heterocycles. The Morgan fingerprint density at radius 3 is 2.81 bits per heavy atom. The molecule has 120 valence electrons. The first-order chi connectivity index (χ1) is 9.52. The van der Waals surface area contributed by atoms with Crippen LogP contribution in [0.4, 0.5) is 0 Å². The summed E-state index contributed by atoms with van der Waals surface area (Å²) < 4.78 is 10.5. The zero-order valence-corrected chi connectivity index (χ0v) is 13.8. The van der Waals surface area contributed by atoms with E-state index in [1.54, 1.807) is 7.11 Å². The van der Waals surface area contributed by atoms with Crippen molar-refractivity contribution in [1.29, 1.82) is 0 Å². The van der Waals surface area contributed by atoms with Gasteiger partial charge in [-0.3, -0.25) is 4.79 Å². The molecular formula is C14H24ClN3O3. The first kappa shape index (κ1) is 17.9. The van der Waals surface area contributed by atoms with Crippen LogP contribution in [0.15, 0.2) is 4.52 Å². The van der Waals surface area contributed by atoms with Gasteiger partial charge in [-0.1, -0.05) is 12.1 Å². The number of ether oxygens (including phenoxy) is 1. The van der Waals surface area contributed by atoms with E-state index in [1.807, 2.05) is 20.8 Å². The standard InChI is InChI=1S/C14H23N3O3.ClH/c1-8(14-9(2)17-20-10(14)3)5-13(18)16-11-6-15-7-12(11)19-4;/h8,11-12,15H,5-7H2,1-4H3,(H,16,18);1H. The SMILES string of the molecule is COC1CNCC1NC(=O)CC(C)c1c(C)noc1C.Cl. The van der Waals surface area contributed by atoms with E-state index in [0.29, 0.717) is 6.42 Å². The Morgan fingerprint density at radius 2 is 2.24 bits per heavy atom. The molecule has 1 aliphatic heterocycles. The van der Waals surface area contributed by atoms with Crippen LogP contribution in [-0.4, -0.2) is 43.4 Å². The first-order valence-corrected chi connectivity index (χ1v) is 6.98. The number of rotatable bonds is 5. The Balaban J connectivity index is 0.00000220. The minimum Gasteiger partial charge on any atom is -0.378 e. The van der Waals surface area contributed by atoms with Crippen molar-refractivity contribution in [3.05, 3.63) is 17.0 Å². The van der Waals surface area contributed by atoms with Crippen molar-refractivity contribution in [1.82, 2.24) is 15.8 Å². The highest BCUT2D eigenvalue weighted by molar-refractivity contribution is 5.85. The number of methoxy groups -OCH3 is 1. The lowest BCUT2D eigenvalue weighted by atomic mass is 9.95. The van der Waals surface area contributed by atoms with Gasteiger partial charge >= 0.3 is 0 Å². The van der Waals surface area contributed by atoms with Gasteiger partial charge in [0.15, 0.2) is 0 Å². The topological polar surface area (TPSA) is 76.4 Å². The fourth-order valence-corrected chi connectivity index (χ4v) is 2.89. The number of aryl methyl sites for hydroxylation is 2. The minimum atomic E-state index is 0. The molecular weight excluding hydrogens is 294 g/mol. The molecule has 7 heteroatoms. The molecule has 0 aromatic carbocycles. The van der Waals surface area contributed by atoms with Crippen molar-refractivity contribution < 1.29 is 14.1 Å². The summed E-state index contributed by atoms with van der Waals surface area (Å²) in [6.45, 7) is 7.34. The maximum absolute atomic E-state index is 12.1. The van der Waals surface area contributed by atoms with E-state index in [1.165, 1.54) is 0 Å². The van der Waals surface area contributed by atoms with Gasteiger partial charge in [0.1, 0.15) is 5.76 Å². The molecule has 1 amide bonds. The predicted octanol–water partition coefficient (Wildman–Crippen LogP) is 1.31. The van der Waals surface area contributed by atoms with E-state index in [9.17, 15) is 4.79 Å². The highest BCUT2D eigenvalue weighted by Gasteiger charge is 2.29. The van der Waals surface area contributed by atoms with E-state index >= 15 is 0 Å². The monoisotopic (exact) mass is 317 g/mol. The smallest absolute Gasteiger partial charge is 0.220 e. The van der Waals surface area contributed by atoms with Crippen molar-refractivity contribution in [2.45, 2.75) is 45.3 Å². The van der Waals surface area contributed by atoms with Gasteiger partial charge in [0.2, 0.25) is 5.91 Å². The molecule has 6 nitrogen and oxygen atoms in total. The molecule has 3 unspecified atom stereocenters. The molecule has 2 N–H and O–H groups in total. The Morgan fingerprint density at radius 1 is 1.52 bits per heavy atom. The summed E-state index contributed by atoms with van der Waals surface area (Å²) in [7, 11) is 1.67. The fraction of sp³-hybridized carbons (Fsp3) is 0.714. The summed E-state index contributed by atoms with van der Waals surface area (Å²) >= 11 is 0. The van der Waals surface area contributed by atoms with Crippen LogP contribution in [0.3, 0.4) is 0 Å². The normalized spacial score (nSPS) is 22.7. The van der Waals surface area contributed by atoms with Crippen LogP contribution < -0.4 is 10.6 Å². The second-order valence-electron chi connectivity index (χ2n) is 5.45. The maximum atomic E-state index is 12.1. The minimum absolute atomic E-state index is 0. The Labute approximate surface area is 131 Å². The summed E-state index contributed by atoms with van der Waals surface area (Å²) in [5.74, 6) is 0.921. The van der Waals surface area contributed by atoms with Crippen molar-refractivity contribution in [3.8, 4) is 0 Å². The molecule has 3 atom stereocenters. The number of nitrogens with zero attached hydrogens (tertiary/aromatic N) is 1. The van der Waals surface area contributed by atoms with Gasteiger partial charge in [0, 0.05) is 32.2 Å². The molecule has 2 heterocycles. The zero-order chi connectivity index (χ0) is 14.7. The summed E-state index contributed by atoms with van der Waals surface area (Å²) in [4.78, 5) is 12.1. The molecule has 0 saturated carbocycles. The highest BCUT2D eigenvalue weighted by atomic mass is 35.5. The average molecular weight is 318 g/mol. The molecule has 1 aromatic rings. The number of hydrogen-bond acceptors (Lipinski definition) is 5. The zero-order valence-electron chi connectivity index (χ0n) is 12.9. The second-order valence-corrected chi connectivity index (χ2v) is 5.45. The average Bonchev–Trinajstić information content (AvgIpc) is 2.96. The lowest BCUT2D eigenvalue weighted by Crippen LogP contribution is -2.43. The fourth-order valence-electron chi connectivity index (χ4n) is 2.89. The quantitative estimate of drug-likeness (QED) is 0.856. The second kappa shape index (κ2) is 7.77. The lowest BCUT2D eigenvalue weighted by molar-refractivity contribution is -0.122. The van der Waals surface area contributed by atoms with E-state index in [2.05, 4.69) is 15.8 Å². The molecule has 0 radical (unpaired) electrons. The van der Waals surface area contributed by atoms with Crippen molar-refractivity contribution in [2.75, 3.05) is 20.2 Å². The summed E-state index contributed by atoms with van der Waals surface area (Å²) in [6, 6.07) is 0.0457. The van der Waals surface area contributed by atoms with Crippen molar-refractivity contribution in [3.63, 3.8) is 0 Å². The summed E-state index contributed by atoms with van der Waals surface area (Å²) in [5.41, 5.74) is 1.90. The van der Waals surface area contributed by atoms with E-state index in [0.717, 1.165) is 30.1 Å². The van der Waals surface area contributed by atoms with Gasteiger partial charge in [-0.05, 0) is 19.8 Å². The third-order valence-electron chi connectivity index (χ3n) is 3.88. The van der Waals surface area contributed by atoms with E-state index in [4.69, 9.17) is 9.26 Å². The third kappa shape index (κ3) is 4.18. The maximum Gasteiger partial charge on any atom is 0.220 e. The molecule has 1 fully saturated rings. The van der Waals surface area contributed by atoms with Crippen LogP contribution in [0.1, 0.15) is 36.3 Å². The van der Waals surface area contributed by atoms with Crippen LogP contribution >= 0.6 is 12.4 Å². The van der Waals surface area contributed by atoms with Crippen molar-refractivity contribution >= 4 is 18.3 Å². The van der Waals surface area contributed by atoms with E-state index < -0.39 is 0 Å². The number of carbonyl (C=O) groups excluding carboxylic acids is 1. The summed E-state index contributed by atoms with van der Waals surface area (Å²) in [5, 5.41) is 10.2. The van der Waals surface area contributed by atoms with Gasteiger partial charge < -0.3 is 19.9 Å². The van der Waals surface area contributed by atoms with Crippen LogP contribution in [0, 0.1) is 13.8 Å². The number of nitrogens with one attached hydrogen (secondary N) is 2. The van der Waals surface area contributed by atoms with Gasteiger partial charge in [-0.15, -0.1) is 12.4 Å². The number of hydrogen-bond donors (Lipinski definition) is 2. The largest absolute Gasteiger partial charge is 0.378 e. The molecule has 1 aliphatic rings. The Hall–Kier alpha value is -1.11. The highest BCUT2D eigenvalue weighted by Crippen LogP contribution is 2.25. The molecule has 0 aliphatic carbocycles. The molecule has 0 bridgehead atoms.